The number of carbonyl (C=O) groups is 1. The maximum atomic E-state index is 10.6. The topological polar surface area (TPSA) is 69.8 Å². The normalized spacial score (nSPS) is 16.2. The zero-order chi connectivity index (χ0) is 14.0. The van der Waals surface area contributed by atoms with Gasteiger partial charge in [-0.15, -0.1) is 0 Å². The lowest BCUT2D eigenvalue weighted by Gasteiger charge is -2.35. The minimum absolute atomic E-state index is 0.105. The third-order valence-electron chi connectivity index (χ3n) is 3.69. The van der Waals surface area contributed by atoms with Crippen molar-refractivity contribution in [2.45, 2.75) is 18.9 Å². The molecular formula is C14H21N3O2. The molecule has 0 fully saturated rings. The molecule has 1 heterocycles. The molecule has 0 amide bonds. The molecule has 1 unspecified atom stereocenters. The number of likely N-dealkylation sites (N-methyl/N-ethyl adjacent to an activating group) is 2. The highest BCUT2D eigenvalue weighted by molar-refractivity contribution is 5.74. The van der Waals surface area contributed by atoms with Gasteiger partial charge in [0, 0.05) is 39.6 Å². The molecule has 0 bridgehead atoms. The molecule has 104 valence electrons. The number of hydrogen-bond donors (Lipinski definition) is 2. The fraction of sp³-hybridized carbons (Fsp3) is 0.500. The lowest BCUT2D eigenvalue weighted by Crippen LogP contribution is -2.36. The number of carboxylic acids is 1. The van der Waals surface area contributed by atoms with E-state index >= 15 is 0 Å². The number of nitrogens with two attached hydrogens (primary N) is 1. The molecule has 5 heteroatoms. The van der Waals surface area contributed by atoms with Crippen LogP contribution in [-0.4, -0.2) is 38.3 Å². The molecule has 3 N–H and O–H groups in total. The van der Waals surface area contributed by atoms with E-state index < -0.39 is 5.97 Å². The third kappa shape index (κ3) is 2.98. The van der Waals surface area contributed by atoms with Gasteiger partial charge in [0.15, 0.2) is 0 Å². The zero-order valence-electron chi connectivity index (χ0n) is 11.5. The molecule has 19 heavy (non-hydrogen) atoms. The molecule has 1 aliphatic heterocycles. The van der Waals surface area contributed by atoms with Crippen LogP contribution >= 0.6 is 0 Å². The van der Waals surface area contributed by atoms with E-state index in [4.69, 9.17) is 10.8 Å². The molecule has 2 rings (SSSR count). The second kappa shape index (κ2) is 5.48. The van der Waals surface area contributed by atoms with Gasteiger partial charge in [-0.05, 0) is 24.1 Å². The van der Waals surface area contributed by atoms with Gasteiger partial charge >= 0.3 is 5.97 Å². The molecule has 1 aliphatic rings. The highest BCUT2D eigenvalue weighted by Gasteiger charge is 2.19. The monoisotopic (exact) mass is 263 g/mol. The fourth-order valence-electron chi connectivity index (χ4n) is 2.39. The van der Waals surface area contributed by atoms with Crippen molar-refractivity contribution in [2.24, 2.45) is 5.73 Å². The van der Waals surface area contributed by atoms with E-state index in [9.17, 15) is 4.79 Å². The molecule has 0 aliphatic carbocycles. The van der Waals surface area contributed by atoms with Gasteiger partial charge in [-0.25, -0.2) is 0 Å². The van der Waals surface area contributed by atoms with E-state index in [1.54, 1.807) is 0 Å². The van der Waals surface area contributed by atoms with Crippen LogP contribution in [0.4, 0.5) is 11.4 Å². The Balaban J connectivity index is 2.20. The summed E-state index contributed by atoms with van der Waals surface area (Å²) < 4.78 is 0. The number of anilines is 2. The van der Waals surface area contributed by atoms with Gasteiger partial charge < -0.3 is 20.6 Å². The maximum Gasteiger partial charge on any atom is 0.303 e. The van der Waals surface area contributed by atoms with Crippen LogP contribution in [0.15, 0.2) is 18.2 Å². The number of aliphatic carboxylic acids is 1. The average molecular weight is 263 g/mol. The fourth-order valence-corrected chi connectivity index (χ4v) is 2.39. The van der Waals surface area contributed by atoms with Crippen LogP contribution in [0.3, 0.4) is 0 Å². The minimum Gasteiger partial charge on any atom is -0.481 e. The van der Waals surface area contributed by atoms with Gasteiger partial charge in [0.1, 0.15) is 0 Å². The van der Waals surface area contributed by atoms with Crippen molar-refractivity contribution in [1.82, 2.24) is 0 Å². The van der Waals surface area contributed by atoms with E-state index in [1.165, 1.54) is 5.69 Å². The van der Waals surface area contributed by atoms with E-state index in [-0.39, 0.29) is 12.5 Å². The first-order valence-electron chi connectivity index (χ1n) is 6.52. The summed E-state index contributed by atoms with van der Waals surface area (Å²) in [5.74, 6) is -0.801. The molecule has 1 atom stereocenters. The van der Waals surface area contributed by atoms with E-state index in [1.807, 2.05) is 6.07 Å². The highest BCUT2D eigenvalue weighted by atomic mass is 16.4. The SMILES string of the molecule is CN1CCN(C)c2cc(C(N)CCC(=O)O)ccc21. The maximum absolute atomic E-state index is 10.6. The Morgan fingerprint density at radius 1 is 1.32 bits per heavy atom. The van der Waals surface area contributed by atoms with Crippen LogP contribution in [0.25, 0.3) is 0 Å². The van der Waals surface area contributed by atoms with E-state index in [2.05, 4.69) is 36.0 Å². The Kier molecular flexibility index (Phi) is 3.95. The van der Waals surface area contributed by atoms with Crippen LogP contribution in [-0.2, 0) is 4.79 Å². The van der Waals surface area contributed by atoms with Gasteiger partial charge in [-0.1, -0.05) is 6.07 Å². The van der Waals surface area contributed by atoms with Gasteiger partial charge in [-0.2, -0.15) is 0 Å². The smallest absolute Gasteiger partial charge is 0.303 e. The quantitative estimate of drug-likeness (QED) is 0.860. The first-order valence-corrected chi connectivity index (χ1v) is 6.52. The molecule has 0 saturated carbocycles. The number of rotatable bonds is 4. The third-order valence-corrected chi connectivity index (χ3v) is 3.69. The standard InChI is InChI=1S/C14H21N3O2/c1-16-7-8-17(2)13-9-10(3-5-12(13)16)11(15)4-6-14(18)19/h3,5,9,11H,4,6-8,15H2,1-2H3,(H,18,19). The summed E-state index contributed by atoms with van der Waals surface area (Å²) in [6.45, 7) is 1.99. The van der Waals surface area contributed by atoms with Gasteiger partial charge in [0.25, 0.3) is 0 Å². The molecule has 1 aromatic rings. The van der Waals surface area contributed by atoms with Crippen molar-refractivity contribution in [3.63, 3.8) is 0 Å². The number of fused-ring (bicyclic) bond motifs is 1. The lowest BCUT2D eigenvalue weighted by atomic mass is 10.0. The van der Waals surface area contributed by atoms with Crippen molar-refractivity contribution in [3.8, 4) is 0 Å². The zero-order valence-corrected chi connectivity index (χ0v) is 11.5. The summed E-state index contributed by atoms with van der Waals surface area (Å²) in [6.07, 6.45) is 0.571. The second-order valence-electron chi connectivity index (χ2n) is 5.13. The number of hydrogen-bond acceptors (Lipinski definition) is 4. The molecule has 1 aromatic carbocycles. The van der Waals surface area contributed by atoms with Crippen molar-refractivity contribution >= 4 is 17.3 Å². The van der Waals surface area contributed by atoms with Crippen molar-refractivity contribution in [2.75, 3.05) is 37.0 Å². The number of benzene rings is 1. The first kappa shape index (κ1) is 13.7. The Morgan fingerprint density at radius 2 is 1.95 bits per heavy atom. The van der Waals surface area contributed by atoms with E-state index in [0.29, 0.717) is 6.42 Å². The van der Waals surface area contributed by atoms with Crippen molar-refractivity contribution in [1.29, 1.82) is 0 Å². The number of nitrogens with zero attached hydrogens (tertiary/aromatic N) is 2. The summed E-state index contributed by atoms with van der Waals surface area (Å²) in [6, 6.07) is 5.93. The Labute approximate surface area is 113 Å². The Hall–Kier alpha value is -1.75. The first-order chi connectivity index (χ1) is 8.99. The second-order valence-corrected chi connectivity index (χ2v) is 5.13. The van der Waals surface area contributed by atoms with Gasteiger partial charge in [-0.3, -0.25) is 4.79 Å². The predicted octanol–water partition coefficient (Wildman–Crippen LogP) is 1.44. The molecule has 0 aromatic heterocycles. The van der Waals surface area contributed by atoms with E-state index in [0.717, 1.165) is 24.3 Å². The molecule has 5 nitrogen and oxygen atoms in total. The van der Waals surface area contributed by atoms with Crippen LogP contribution in [0.5, 0.6) is 0 Å². The molecule has 0 radical (unpaired) electrons. The number of carboxylic acid groups (broad SMARTS) is 1. The molecule has 0 saturated heterocycles. The van der Waals surface area contributed by atoms with Gasteiger partial charge in [0.05, 0.1) is 11.4 Å². The summed E-state index contributed by atoms with van der Waals surface area (Å²) >= 11 is 0. The van der Waals surface area contributed by atoms with Crippen LogP contribution in [0, 0.1) is 0 Å². The molecular weight excluding hydrogens is 242 g/mol. The lowest BCUT2D eigenvalue weighted by molar-refractivity contribution is -0.137. The average Bonchev–Trinajstić information content (AvgIpc) is 2.40. The van der Waals surface area contributed by atoms with Gasteiger partial charge in [0.2, 0.25) is 0 Å². The minimum atomic E-state index is -0.801. The molecule has 0 spiro atoms. The van der Waals surface area contributed by atoms with Crippen molar-refractivity contribution in [3.05, 3.63) is 23.8 Å². The summed E-state index contributed by atoms with van der Waals surface area (Å²) in [5, 5.41) is 8.71. The Morgan fingerprint density at radius 3 is 2.58 bits per heavy atom. The summed E-state index contributed by atoms with van der Waals surface area (Å²) in [4.78, 5) is 15.0. The Bertz CT molecular complexity index is 476. The van der Waals surface area contributed by atoms with Crippen LogP contribution in [0.2, 0.25) is 0 Å². The summed E-state index contributed by atoms with van der Waals surface area (Å²) in [7, 11) is 4.15. The van der Waals surface area contributed by atoms with Crippen LogP contribution < -0.4 is 15.5 Å². The van der Waals surface area contributed by atoms with Crippen LogP contribution in [0.1, 0.15) is 24.4 Å². The largest absolute Gasteiger partial charge is 0.481 e. The van der Waals surface area contributed by atoms with Crippen molar-refractivity contribution < 1.29 is 9.90 Å². The predicted molar refractivity (Wildman–Crippen MR) is 76.8 cm³/mol. The summed E-state index contributed by atoms with van der Waals surface area (Å²) in [5.41, 5.74) is 9.42. The highest BCUT2D eigenvalue weighted by Crippen LogP contribution is 2.33.